The fourth-order valence-electron chi connectivity index (χ4n) is 3.79. The van der Waals surface area contributed by atoms with Gasteiger partial charge in [0, 0.05) is 18.7 Å². The normalized spacial score (nSPS) is 17.6. The lowest BCUT2D eigenvalue weighted by atomic mass is 10.0. The molecule has 1 heterocycles. The number of methoxy groups -OCH3 is 1. The van der Waals surface area contributed by atoms with Crippen LogP contribution in [-0.2, 0) is 14.3 Å². The Morgan fingerprint density at radius 2 is 1.72 bits per heavy atom. The van der Waals surface area contributed by atoms with Gasteiger partial charge in [-0.15, -0.1) is 12.4 Å². The first-order valence-corrected chi connectivity index (χ1v) is 10.2. The van der Waals surface area contributed by atoms with Crippen LogP contribution in [0.15, 0.2) is 48.5 Å². The van der Waals surface area contributed by atoms with Crippen LogP contribution in [0, 0.1) is 11.3 Å². The van der Waals surface area contributed by atoms with Crippen LogP contribution in [0.3, 0.4) is 0 Å². The number of halogens is 1. The summed E-state index contributed by atoms with van der Waals surface area (Å²) < 4.78 is 10.6. The number of ether oxygens (including phenoxy) is 2. The van der Waals surface area contributed by atoms with Gasteiger partial charge in [0.1, 0.15) is 18.2 Å². The van der Waals surface area contributed by atoms with E-state index in [9.17, 15) is 9.59 Å². The van der Waals surface area contributed by atoms with Crippen LogP contribution in [0.1, 0.15) is 18.4 Å². The van der Waals surface area contributed by atoms with Gasteiger partial charge in [0.25, 0.3) is 0 Å². The zero-order valence-electron chi connectivity index (χ0n) is 18.0. The quantitative estimate of drug-likeness (QED) is 0.298. The summed E-state index contributed by atoms with van der Waals surface area (Å²) in [5, 5.41) is 7.47. The van der Waals surface area contributed by atoms with Gasteiger partial charge in [0.2, 0.25) is 5.91 Å². The molecule has 172 valence electrons. The fourth-order valence-corrected chi connectivity index (χ4v) is 3.79. The van der Waals surface area contributed by atoms with E-state index in [1.54, 1.807) is 4.90 Å². The Labute approximate surface area is 193 Å². The number of esters is 1. The number of amidine groups is 1. The summed E-state index contributed by atoms with van der Waals surface area (Å²) in [5.41, 5.74) is 13.9. The van der Waals surface area contributed by atoms with Crippen molar-refractivity contribution in [2.45, 2.75) is 18.9 Å². The molecule has 2 aromatic carbocycles. The maximum absolute atomic E-state index is 12.6. The minimum atomic E-state index is -0.395. The zero-order chi connectivity index (χ0) is 22.4. The van der Waals surface area contributed by atoms with Gasteiger partial charge in [-0.2, -0.15) is 0 Å². The average molecular weight is 461 g/mol. The predicted octanol–water partition coefficient (Wildman–Crippen LogP) is 2.18. The van der Waals surface area contributed by atoms with E-state index in [4.69, 9.17) is 26.4 Å². The molecule has 1 aliphatic heterocycles. The lowest BCUT2D eigenvalue weighted by molar-refractivity contribution is -0.144. The molecule has 0 saturated carbocycles. The first-order chi connectivity index (χ1) is 14.9. The van der Waals surface area contributed by atoms with E-state index in [1.165, 1.54) is 7.11 Å². The molecule has 2 atom stereocenters. The van der Waals surface area contributed by atoms with Gasteiger partial charge in [0.15, 0.2) is 0 Å². The molecular formula is C23H29ClN4O4. The van der Waals surface area contributed by atoms with Gasteiger partial charge < -0.3 is 25.8 Å². The third kappa shape index (κ3) is 5.99. The van der Waals surface area contributed by atoms with Crippen molar-refractivity contribution in [3.8, 4) is 16.9 Å². The van der Waals surface area contributed by atoms with Crippen molar-refractivity contribution in [3.05, 3.63) is 54.1 Å². The number of nitrogens with zero attached hydrogens (tertiary/aromatic N) is 1. The molecule has 32 heavy (non-hydrogen) atoms. The summed E-state index contributed by atoms with van der Waals surface area (Å²) in [6.07, 6.45) is 0.610. The maximum Gasteiger partial charge on any atom is 0.306 e. The largest absolute Gasteiger partial charge is 0.491 e. The van der Waals surface area contributed by atoms with Crippen LogP contribution in [-0.4, -0.2) is 55.5 Å². The van der Waals surface area contributed by atoms with Gasteiger partial charge in [-0.1, -0.05) is 36.4 Å². The fraction of sp³-hybridized carbons (Fsp3) is 0.348. The van der Waals surface area contributed by atoms with Crippen LogP contribution >= 0.6 is 12.4 Å². The van der Waals surface area contributed by atoms with Gasteiger partial charge in [-0.05, 0) is 29.7 Å². The van der Waals surface area contributed by atoms with E-state index in [1.807, 2.05) is 48.5 Å². The van der Waals surface area contributed by atoms with Gasteiger partial charge in [-0.3, -0.25) is 15.0 Å². The molecule has 0 aromatic heterocycles. The Balaban J connectivity index is 0.00000363. The van der Waals surface area contributed by atoms with Gasteiger partial charge >= 0.3 is 5.97 Å². The third-order valence-corrected chi connectivity index (χ3v) is 5.47. The molecule has 0 spiro atoms. The summed E-state index contributed by atoms with van der Waals surface area (Å²) in [6.45, 7) is 1.11. The summed E-state index contributed by atoms with van der Waals surface area (Å²) in [5.74, 6) is -0.125. The molecule has 0 aliphatic carbocycles. The monoisotopic (exact) mass is 460 g/mol. The molecule has 0 unspecified atom stereocenters. The highest BCUT2D eigenvalue weighted by Gasteiger charge is 2.40. The maximum atomic E-state index is 12.6. The smallest absolute Gasteiger partial charge is 0.306 e. The highest BCUT2D eigenvalue weighted by molar-refractivity contribution is 5.95. The van der Waals surface area contributed by atoms with Crippen LogP contribution in [0.4, 0.5) is 0 Å². The minimum absolute atomic E-state index is 0. The second-order valence-electron chi connectivity index (χ2n) is 7.51. The molecule has 2 aromatic rings. The molecule has 1 saturated heterocycles. The van der Waals surface area contributed by atoms with Crippen molar-refractivity contribution < 1.29 is 19.1 Å². The van der Waals surface area contributed by atoms with Crippen molar-refractivity contribution in [1.29, 1.82) is 5.41 Å². The molecule has 0 bridgehead atoms. The van der Waals surface area contributed by atoms with Crippen LogP contribution < -0.4 is 16.2 Å². The lowest BCUT2D eigenvalue weighted by Crippen LogP contribution is -2.40. The topological polar surface area (TPSA) is 132 Å². The van der Waals surface area contributed by atoms with Crippen LogP contribution in [0.25, 0.3) is 11.1 Å². The molecule has 1 aliphatic rings. The summed E-state index contributed by atoms with van der Waals surface area (Å²) in [6, 6.07) is 15.0. The number of hydrogen-bond donors (Lipinski definition) is 3. The van der Waals surface area contributed by atoms with Crippen molar-refractivity contribution in [3.63, 3.8) is 0 Å². The first kappa shape index (κ1) is 25.2. The summed E-state index contributed by atoms with van der Waals surface area (Å²) in [7, 11) is 1.32. The van der Waals surface area contributed by atoms with Crippen LogP contribution in [0.2, 0.25) is 0 Å². The molecule has 1 fully saturated rings. The van der Waals surface area contributed by atoms with E-state index in [2.05, 4.69) is 0 Å². The number of carbonyl (C=O) groups excluding carboxylic acids is 2. The Bertz CT molecular complexity index is 934. The van der Waals surface area contributed by atoms with Crippen molar-refractivity contribution in [1.82, 2.24) is 4.90 Å². The second-order valence-corrected chi connectivity index (χ2v) is 7.51. The van der Waals surface area contributed by atoms with Crippen molar-refractivity contribution >= 4 is 30.1 Å². The SMILES string of the molecule is COC(=O)C[C@@H]1C[C@@H](COc2ccc(-c3ccc(C(=N)N)cc3)cc2)N(CCN)C1=O.Cl. The van der Waals surface area contributed by atoms with E-state index < -0.39 is 5.92 Å². The molecular weight excluding hydrogens is 432 g/mol. The molecule has 0 radical (unpaired) electrons. The standard InChI is InChI=1S/C23H28N4O4.ClH/c1-30-21(28)13-18-12-19(27(11-10-24)23(18)29)14-31-20-8-6-16(7-9-20)15-2-4-17(5-3-15)22(25)26;/h2-9,18-19H,10-14,24H2,1H3,(H3,25,26);1H/t18-,19-;/m0./s1. The highest BCUT2D eigenvalue weighted by atomic mass is 35.5. The number of amides is 1. The number of likely N-dealkylation sites (tertiary alicyclic amines) is 1. The zero-order valence-corrected chi connectivity index (χ0v) is 18.8. The molecule has 9 heteroatoms. The lowest BCUT2D eigenvalue weighted by Gasteiger charge is -2.24. The van der Waals surface area contributed by atoms with E-state index in [-0.39, 0.29) is 42.6 Å². The summed E-state index contributed by atoms with van der Waals surface area (Å²) in [4.78, 5) is 25.9. The Morgan fingerprint density at radius 3 is 2.25 bits per heavy atom. The average Bonchev–Trinajstić information content (AvgIpc) is 3.07. The molecule has 3 rings (SSSR count). The number of rotatable bonds is 9. The van der Waals surface area contributed by atoms with E-state index in [0.717, 1.165) is 11.1 Å². The number of hydrogen-bond acceptors (Lipinski definition) is 6. The van der Waals surface area contributed by atoms with E-state index >= 15 is 0 Å². The first-order valence-electron chi connectivity index (χ1n) is 10.2. The number of nitrogens with two attached hydrogens (primary N) is 2. The Kier molecular flexibility index (Phi) is 9.04. The highest BCUT2D eigenvalue weighted by Crippen LogP contribution is 2.29. The molecule has 8 nitrogen and oxygen atoms in total. The van der Waals surface area contributed by atoms with Gasteiger partial charge in [0.05, 0.1) is 25.5 Å². The van der Waals surface area contributed by atoms with Gasteiger partial charge in [-0.25, -0.2) is 0 Å². The van der Waals surface area contributed by atoms with Crippen LogP contribution in [0.5, 0.6) is 5.75 Å². The number of carbonyl (C=O) groups is 2. The Hall–Kier alpha value is -3.10. The summed E-state index contributed by atoms with van der Waals surface area (Å²) >= 11 is 0. The predicted molar refractivity (Wildman–Crippen MR) is 125 cm³/mol. The minimum Gasteiger partial charge on any atom is -0.491 e. The molecule has 5 N–H and O–H groups in total. The third-order valence-electron chi connectivity index (χ3n) is 5.47. The number of nitrogens with one attached hydrogen (secondary N) is 1. The van der Waals surface area contributed by atoms with Crippen molar-refractivity contribution in [2.75, 3.05) is 26.8 Å². The number of nitrogen functional groups attached to an aromatic ring is 1. The number of benzene rings is 2. The van der Waals surface area contributed by atoms with Crippen molar-refractivity contribution in [2.24, 2.45) is 17.4 Å². The molecule has 1 amide bonds. The Morgan fingerprint density at radius 1 is 1.12 bits per heavy atom. The van der Waals surface area contributed by atoms with E-state index in [0.29, 0.717) is 37.4 Å². The second kappa shape index (κ2) is 11.5.